The molecule has 6 atom stereocenters. The van der Waals surface area contributed by atoms with Crippen LogP contribution in [-0.4, -0.2) is 88.7 Å². The number of carboxylic acids is 1. The summed E-state index contributed by atoms with van der Waals surface area (Å²) in [4.78, 5) is 20.0. The average Bonchev–Trinajstić information content (AvgIpc) is 3.39. The molecule has 1 fully saturated rings. The van der Waals surface area contributed by atoms with Gasteiger partial charge in [-0.2, -0.15) is 0 Å². The lowest BCUT2D eigenvalue weighted by Gasteiger charge is -2.32. The van der Waals surface area contributed by atoms with Gasteiger partial charge in [0.25, 0.3) is 0 Å². The SMILES string of the molecule is Fc1ccc([C@@H]2CCNC[C@H]2COc2ccc3c(c2)OCO3)cc1.O=C[C@H](O)[C@@H](O)[C@H](O)[C@H](O)C(=O)O. The van der Waals surface area contributed by atoms with Gasteiger partial charge in [0, 0.05) is 18.5 Å². The van der Waals surface area contributed by atoms with E-state index in [0.29, 0.717) is 18.4 Å². The summed E-state index contributed by atoms with van der Waals surface area (Å²) in [6.45, 7) is 2.74. The molecule has 6 N–H and O–H groups in total. The van der Waals surface area contributed by atoms with Gasteiger partial charge in [-0.25, -0.2) is 9.18 Å². The van der Waals surface area contributed by atoms with E-state index in [9.17, 15) is 14.0 Å². The largest absolute Gasteiger partial charge is 0.493 e. The fourth-order valence-electron chi connectivity index (χ4n) is 4.03. The smallest absolute Gasteiger partial charge is 0.335 e. The number of hydrogen-bond acceptors (Lipinski definition) is 10. The molecule has 0 amide bonds. The summed E-state index contributed by atoms with van der Waals surface area (Å²) in [7, 11) is 0. The first-order valence-electron chi connectivity index (χ1n) is 11.6. The number of carbonyl (C=O) groups is 2. The molecule has 2 aromatic carbocycles. The van der Waals surface area contributed by atoms with E-state index in [1.807, 2.05) is 30.3 Å². The summed E-state index contributed by atoms with van der Waals surface area (Å²) in [5.41, 5.74) is 1.18. The van der Waals surface area contributed by atoms with Gasteiger partial charge in [0.05, 0.1) is 6.61 Å². The molecule has 2 aromatic rings. The first-order valence-corrected chi connectivity index (χ1v) is 11.6. The van der Waals surface area contributed by atoms with Crippen LogP contribution >= 0.6 is 0 Å². The standard InChI is InChI=1S/C19H20FNO3.C6H10O7/c20-15-3-1-13(2-4-15)17-7-8-21-10-14(17)11-22-16-5-6-18-19(9-16)24-12-23-18;7-1-2(8)3(9)4(10)5(11)6(12)13/h1-6,9,14,17,21H,7-8,10-12H2;1-5,8-11H,(H,12,13)/t14-,17-;2-,3+,4-,5-/m00/s1. The third-order valence-corrected chi connectivity index (χ3v) is 6.13. The summed E-state index contributed by atoms with van der Waals surface area (Å²) in [6.07, 6.45) is -7.36. The average molecular weight is 524 g/mol. The Morgan fingerprint density at radius 1 is 1.08 bits per heavy atom. The Kier molecular flexibility index (Phi) is 10.2. The Labute approximate surface area is 212 Å². The molecule has 0 aliphatic carbocycles. The Morgan fingerprint density at radius 3 is 2.46 bits per heavy atom. The van der Waals surface area contributed by atoms with Gasteiger partial charge in [0.1, 0.15) is 29.9 Å². The number of nitrogens with one attached hydrogen (secondary N) is 1. The summed E-state index contributed by atoms with van der Waals surface area (Å²) < 4.78 is 29.9. The van der Waals surface area contributed by atoms with Gasteiger partial charge in [-0.05, 0) is 48.7 Å². The van der Waals surface area contributed by atoms with Crippen LogP contribution in [0, 0.1) is 11.7 Å². The minimum absolute atomic E-state index is 0.0809. The van der Waals surface area contributed by atoms with Crippen LogP contribution in [0.2, 0.25) is 0 Å². The number of piperidine rings is 1. The molecule has 2 aliphatic rings. The van der Waals surface area contributed by atoms with Gasteiger partial charge >= 0.3 is 5.97 Å². The predicted molar refractivity (Wildman–Crippen MR) is 126 cm³/mol. The molecule has 0 aromatic heterocycles. The van der Waals surface area contributed by atoms with Gasteiger partial charge in [-0.3, -0.25) is 0 Å². The van der Waals surface area contributed by atoms with Crippen LogP contribution in [0.25, 0.3) is 0 Å². The van der Waals surface area contributed by atoms with Crippen molar-refractivity contribution in [2.24, 2.45) is 5.92 Å². The molecule has 0 radical (unpaired) electrons. The van der Waals surface area contributed by atoms with Crippen LogP contribution < -0.4 is 19.5 Å². The second-order valence-corrected chi connectivity index (χ2v) is 8.63. The predicted octanol–water partition coefficient (Wildman–Crippen LogP) is 0.0400. The summed E-state index contributed by atoms with van der Waals surface area (Å²) >= 11 is 0. The molecule has 0 bridgehead atoms. The molecule has 0 spiro atoms. The number of fused-ring (bicyclic) bond motifs is 1. The normalized spacial score (nSPS) is 21.5. The van der Waals surface area contributed by atoms with Crippen molar-refractivity contribution in [3.8, 4) is 17.2 Å². The molecule has 37 heavy (non-hydrogen) atoms. The van der Waals surface area contributed by atoms with Crippen molar-refractivity contribution in [2.45, 2.75) is 36.8 Å². The summed E-state index contributed by atoms with van der Waals surface area (Å²) in [5.74, 6) is 1.03. The molecule has 0 unspecified atom stereocenters. The number of carbonyl (C=O) groups excluding carboxylic acids is 1. The highest BCUT2D eigenvalue weighted by Gasteiger charge is 2.34. The lowest BCUT2D eigenvalue weighted by Crippen LogP contribution is -2.48. The van der Waals surface area contributed by atoms with E-state index in [1.165, 1.54) is 17.7 Å². The zero-order valence-electron chi connectivity index (χ0n) is 19.8. The van der Waals surface area contributed by atoms with Crippen molar-refractivity contribution in [2.75, 3.05) is 26.5 Å². The highest BCUT2D eigenvalue weighted by molar-refractivity contribution is 5.73. The molecule has 2 heterocycles. The van der Waals surface area contributed by atoms with Crippen LogP contribution in [0.1, 0.15) is 17.9 Å². The lowest BCUT2D eigenvalue weighted by molar-refractivity contribution is -0.163. The maximum Gasteiger partial charge on any atom is 0.335 e. The van der Waals surface area contributed by atoms with Crippen molar-refractivity contribution >= 4 is 12.3 Å². The van der Waals surface area contributed by atoms with Crippen LogP contribution in [0.3, 0.4) is 0 Å². The van der Waals surface area contributed by atoms with E-state index in [2.05, 4.69) is 5.32 Å². The minimum Gasteiger partial charge on any atom is -0.493 e. The highest BCUT2D eigenvalue weighted by Crippen LogP contribution is 2.36. The molecule has 0 saturated carbocycles. The Hall–Kier alpha value is -3.29. The van der Waals surface area contributed by atoms with Crippen LogP contribution in [0.15, 0.2) is 42.5 Å². The number of benzene rings is 2. The van der Waals surface area contributed by atoms with Crippen molar-refractivity contribution in [3.05, 3.63) is 53.8 Å². The number of ether oxygens (including phenoxy) is 3. The summed E-state index contributed by atoms with van der Waals surface area (Å²) in [6, 6.07) is 12.5. The number of carboxylic acid groups (broad SMARTS) is 1. The fourth-order valence-corrected chi connectivity index (χ4v) is 4.03. The van der Waals surface area contributed by atoms with E-state index < -0.39 is 30.4 Å². The summed E-state index contributed by atoms with van der Waals surface area (Å²) in [5, 5.41) is 46.6. The number of aliphatic carboxylic acids is 1. The molecule has 4 rings (SSSR count). The van der Waals surface area contributed by atoms with Crippen LogP contribution in [-0.2, 0) is 9.59 Å². The van der Waals surface area contributed by atoms with Crippen LogP contribution in [0.4, 0.5) is 4.39 Å². The first-order chi connectivity index (χ1) is 17.7. The van der Waals surface area contributed by atoms with Crippen LogP contribution in [0.5, 0.6) is 17.2 Å². The number of aliphatic hydroxyl groups is 4. The number of aliphatic hydroxyl groups excluding tert-OH is 4. The van der Waals surface area contributed by atoms with E-state index in [0.717, 1.165) is 36.8 Å². The highest BCUT2D eigenvalue weighted by atomic mass is 19.1. The number of aldehydes is 1. The number of hydrogen-bond donors (Lipinski definition) is 6. The monoisotopic (exact) mass is 523 g/mol. The van der Waals surface area contributed by atoms with E-state index in [1.54, 1.807) is 0 Å². The quantitative estimate of drug-likeness (QED) is 0.245. The van der Waals surface area contributed by atoms with Gasteiger partial charge in [-0.1, -0.05) is 12.1 Å². The fraction of sp³-hybridized carbons (Fsp3) is 0.440. The minimum atomic E-state index is -2.25. The van der Waals surface area contributed by atoms with E-state index in [4.69, 9.17) is 39.7 Å². The van der Waals surface area contributed by atoms with E-state index >= 15 is 0 Å². The second-order valence-electron chi connectivity index (χ2n) is 8.63. The maximum absolute atomic E-state index is 13.2. The first kappa shape index (κ1) is 28.3. The van der Waals surface area contributed by atoms with Gasteiger partial charge in [0.2, 0.25) is 6.79 Å². The van der Waals surface area contributed by atoms with Crippen molar-refractivity contribution in [1.82, 2.24) is 5.32 Å². The molecule has 12 heteroatoms. The van der Waals surface area contributed by atoms with Gasteiger partial charge in [-0.15, -0.1) is 0 Å². The molecular formula is C25H30FNO10. The molecule has 1 saturated heterocycles. The Morgan fingerprint density at radius 2 is 1.78 bits per heavy atom. The van der Waals surface area contributed by atoms with Crippen molar-refractivity contribution in [3.63, 3.8) is 0 Å². The lowest BCUT2D eigenvalue weighted by atomic mass is 9.81. The van der Waals surface area contributed by atoms with Crippen molar-refractivity contribution in [1.29, 1.82) is 0 Å². The number of halogens is 1. The third-order valence-electron chi connectivity index (χ3n) is 6.13. The van der Waals surface area contributed by atoms with Gasteiger partial charge < -0.3 is 49.9 Å². The van der Waals surface area contributed by atoms with Gasteiger partial charge in [0.15, 0.2) is 23.9 Å². The maximum atomic E-state index is 13.2. The molecule has 202 valence electrons. The van der Waals surface area contributed by atoms with Crippen molar-refractivity contribution < 1.29 is 53.7 Å². The molecular weight excluding hydrogens is 493 g/mol. The molecule has 11 nitrogen and oxygen atoms in total. The third kappa shape index (κ3) is 7.60. The topological polar surface area (TPSA) is 175 Å². The zero-order chi connectivity index (χ0) is 26.9. The Balaban J connectivity index is 0.000000251. The van der Waals surface area contributed by atoms with E-state index in [-0.39, 0.29) is 18.9 Å². The number of rotatable bonds is 9. The zero-order valence-corrected chi connectivity index (χ0v) is 19.8. The Bertz CT molecular complexity index is 1040. The molecule has 2 aliphatic heterocycles. The second kappa shape index (κ2) is 13.3.